The van der Waals surface area contributed by atoms with E-state index < -0.39 is 60.2 Å². The fraction of sp³-hybridized carbons (Fsp3) is 0.265. The molecule has 0 spiro atoms. The van der Waals surface area contributed by atoms with Gasteiger partial charge in [-0.25, -0.2) is 4.79 Å². The second-order valence-corrected chi connectivity index (χ2v) is 11.2. The summed E-state index contributed by atoms with van der Waals surface area (Å²) in [5, 5.41) is 36.9. The van der Waals surface area contributed by atoms with E-state index in [9.17, 15) is 34.2 Å². The van der Waals surface area contributed by atoms with E-state index in [1.807, 2.05) is 54.6 Å². The van der Waals surface area contributed by atoms with Crippen LogP contribution in [0.1, 0.15) is 29.5 Å². The van der Waals surface area contributed by atoms with Crippen molar-refractivity contribution < 1.29 is 39.3 Å². The SMILES string of the molecule is NC(Cc1ccccc1)C(=O)NC(Cc1ccc(O)cc1)C(=O)NC(Cc1c[nH]c2ccccc12)C(=O)NC(CCC(=O)O)C(=O)O. The van der Waals surface area contributed by atoms with Crippen LogP contribution in [-0.2, 0) is 43.2 Å². The molecule has 0 aliphatic heterocycles. The molecule has 0 aliphatic carbocycles. The van der Waals surface area contributed by atoms with Crippen molar-refractivity contribution in [3.63, 3.8) is 0 Å². The lowest BCUT2D eigenvalue weighted by Gasteiger charge is -2.25. The summed E-state index contributed by atoms with van der Waals surface area (Å²) in [5.74, 6) is -4.85. The van der Waals surface area contributed by atoms with Crippen LogP contribution in [-0.4, -0.2) is 74.1 Å². The standard InChI is InChI=1S/C34H37N5O8/c35-25(16-20-6-2-1-3-7-20)31(43)38-28(17-21-10-12-23(40)13-11-21)32(44)39-29(18-22-19-36-26-9-5-4-8-24(22)26)33(45)37-27(34(46)47)14-15-30(41)42/h1-13,19,25,27-29,36,40H,14-18,35H2,(H,37,45)(H,38,43)(H,39,44)(H,41,42)(H,46,47). The van der Waals surface area contributed by atoms with Gasteiger partial charge in [-0.1, -0.05) is 60.7 Å². The molecule has 47 heavy (non-hydrogen) atoms. The van der Waals surface area contributed by atoms with Crippen molar-refractivity contribution in [2.24, 2.45) is 5.73 Å². The Balaban J connectivity index is 1.59. The number of carboxylic acids is 2. The number of hydrogen-bond acceptors (Lipinski definition) is 7. The maximum atomic E-state index is 13.9. The lowest BCUT2D eigenvalue weighted by Crippen LogP contribution is -2.58. The average Bonchev–Trinajstić information content (AvgIpc) is 3.46. The number of aromatic hydroxyl groups is 1. The van der Waals surface area contributed by atoms with Gasteiger partial charge >= 0.3 is 11.9 Å². The fourth-order valence-electron chi connectivity index (χ4n) is 5.12. The summed E-state index contributed by atoms with van der Waals surface area (Å²) in [6.45, 7) is 0. The average molecular weight is 644 g/mol. The first-order valence-electron chi connectivity index (χ1n) is 15.0. The Morgan fingerprint density at radius 2 is 1.26 bits per heavy atom. The highest BCUT2D eigenvalue weighted by molar-refractivity contribution is 5.95. The molecule has 13 heteroatoms. The van der Waals surface area contributed by atoms with Crippen molar-refractivity contribution in [2.45, 2.75) is 56.3 Å². The van der Waals surface area contributed by atoms with E-state index >= 15 is 0 Å². The molecule has 0 saturated carbocycles. The monoisotopic (exact) mass is 643 g/mol. The van der Waals surface area contributed by atoms with Crippen molar-refractivity contribution in [2.75, 3.05) is 0 Å². The van der Waals surface area contributed by atoms with Crippen LogP contribution in [0.25, 0.3) is 10.9 Å². The van der Waals surface area contributed by atoms with Crippen LogP contribution in [0.2, 0.25) is 0 Å². The number of benzene rings is 3. The summed E-state index contributed by atoms with van der Waals surface area (Å²) in [4.78, 5) is 66.7. The van der Waals surface area contributed by atoms with Gasteiger partial charge in [0.2, 0.25) is 17.7 Å². The Kier molecular flexibility index (Phi) is 11.7. The Labute approximate surface area is 270 Å². The first-order chi connectivity index (χ1) is 22.5. The smallest absolute Gasteiger partial charge is 0.326 e. The third-order valence-electron chi connectivity index (χ3n) is 7.64. The lowest BCUT2D eigenvalue weighted by molar-refractivity contribution is -0.143. The summed E-state index contributed by atoms with van der Waals surface area (Å²) >= 11 is 0. The maximum Gasteiger partial charge on any atom is 0.326 e. The zero-order chi connectivity index (χ0) is 33.9. The number of nitrogens with two attached hydrogens (primary N) is 1. The van der Waals surface area contributed by atoms with E-state index in [2.05, 4.69) is 20.9 Å². The van der Waals surface area contributed by atoms with E-state index in [1.54, 1.807) is 18.3 Å². The van der Waals surface area contributed by atoms with Crippen molar-refractivity contribution in [3.05, 3.63) is 102 Å². The number of fused-ring (bicyclic) bond motifs is 1. The van der Waals surface area contributed by atoms with Gasteiger partial charge in [0.1, 0.15) is 23.9 Å². The predicted molar refractivity (Wildman–Crippen MR) is 172 cm³/mol. The van der Waals surface area contributed by atoms with Gasteiger partial charge in [-0.05, 0) is 47.7 Å². The van der Waals surface area contributed by atoms with E-state index in [0.717, 1.165) is 16.5 Å². The highest BCUT2D eigenvalue weighted by atomic mass is 16.4. The largest absolute Gasteiger partial charge is 0.508 e. The molecule has 4 unspecified atom stereocenters. The maximum absolute atomic E-state index is 13.9. The molecule has 4 atom stereocenters. The quantitative estimate of drug-likeness (QED) is 0.0887. The molecule has 13 nitrogen and oxygen atoms in total. The molecule has 9 N–H and O–H groups in total. The molecule has 1 aromatic heterocycles. The lowest BCUT2D eigenvalue weighted by atomic mass is 10.0. The van der Waals surface area contributed by atoms with Gasteiger partial charge in [0.25, 0.3) is 0 Å². The molecule has 4 aromatic rings. The van der Waals surface area contributed by atoms with Gasteiger partial charge < -0.3 is 42.0 Å². The van der Waals surface area contributed by atoms with Gasteiger partial charge in [0.05, 0.1) is 6.04 Å². The second-order valence-electron chi connectivity index (χ2n) is 11.2. The van der Waals surface area contributed by atoms with Crippen LogP contribution in [0.15, 0.2) is 85.1 Å². The van der Waals surface area contributed by atoms with Gasteiger partial charge in [-0.15, -0.1) is 0 Å². The van der Waals surface area contributed by atoms with Crippen LogP contribution in [0.3, 0.4) is 0 Å². The zero-order valence-corrected chi connectivity index (χ0v) is 25.4. The van der Waals surface area contributed by atoms with Crippen molar-refractivity contribution >= 4 is 40.6 Å². The van der Waals surface area contributed by atoms with E-state index in [1.165, 1.54) is 12.1 Å². The molecule has 0 aliphatic rings. The molecule has 3 amide bonds. The number of aromatic nitrogens is 1. The predicted octanol–water partition coefficient (Wildman–Crippen LogP) is 1.63. The third kappa shape index (κ3) is 9.90. The van der Waals surface area contributed by atoms with Crippen LogP contribution in [0.5, 0.6) is 5.75 Å². The number of phenolic OH excluding ortho intramolecular Hbond substituents is 1. The Morgan fingerprint density at radius 1 is 0.681 bits per heavy atom. The highest BCUT2D eigenvalue weighted by Gasteiger charge is 2.31. The summed E-state index contributed by atoms with van der Waals surface area (Å²) in [7, 11) is 0. The normalized spacial score (nSPS) is 13.6. The number of carbonyl (C=O) groups is 5. The number of carboxylic acid groups (broad SMARTS) is 2. The molecule has 0 fully saturated rings. The zero-order valence-electron chi connectivity index (χ0n) is 25.4. The number of aromatic amines is 1. The molecule has 246 valence electrons. The highest BCUT2D eigenvalue weighted by Crippen LogP contribution is 2.20. The number of phenols is 1. The minimum atomic E-state index is -1.52. The second kappa shape index (κ2) is 16.0. The van der Waals surface area contributed by atoms with Gasteiger partial charge in [-0.3, -0.25) is 19.2 Å². The molecule has 3 aromatic carbocycles. The Hall–Kier alpha value is -5.69. The number of amides is 3. The van der Waals surface area contributed by atoms with Crippen molar-refractivity contribution in [1.82, 2.24) is 20.9 Å². The number of para-hydroxylation sites is 1. The number of aliphatic carboxylic acids is 2. The fourth-order valence-corrected chi connectivity index (χ4v) is 5.12. The summed E-state index contributed by atoms with van der Waals surface area (Å²) in [5.41, 5.74) is 9.05. The minimum Gasteiger partial charge on any atom is -0.508 e. The molecule has 4 rings (SSSR count). The number of H-pyrrole nitrogens is 1. The van der Waals surface area contributed by atoms with Crippen molar-refractivity contribution in [3.8, 4) is 5.75 Å². The first kappa shape index (κ1) is 34.2. The summed E-state index contributed by atoms with van der Waals surface area (Å²) in [6, 6.07) is 17.4. The van der Waals surface area contributed by atoms with Crippen LogP contribution in [0, 0.1) is 0 Å². The van der Waals surface area contributed by atoms with E-state index in [-0.39, 0.29) is 31.4 Å². The van der Waals surface area contributed by atoms with Gasteiger partial charge in [0.15, 0.2) is 0 Å². The Morgan fingerprint density at radius 3 is 1.91 bits per heavy atom. The number of hydrogen-bond donors (Lipinski definition) is 8. The molecular weight excluding hydrogens is 606 g/mol. The molecule has 0 bridgehead atoms. The van der Waals surface area contributed by atoms with Gasteiger partial charge in [0, 0.05) is 36.4 Å². The summed E-state index contributed by atoms with van der Waals surface area (Å²) in [6.07, 6.45) is 0.935. The first-order valence-corrected chi connectivity index (χ1v) is 15.0. The number of rotatable bonds is 16. The van der Waals surface area contributed by atoms with Crippen LogP contribution < -0.4 is 21.7 Å². The van der Waals surface area contributed by atoms with Crippen LogP contribution in [0.4, 0.5) is 0 Å². The van der Waals surface area contributed by atoms with Crippen molar-refractivity contribution in [1.29, 1.82) is 0 Å². The minimum absolute atomic E-state index is 0.00928. The van der Waals surface area contributed by atoms with E-state index in [4.69, 9.17) is 10.8 Å². The summed E-state index contributed by atoms with van der Waals surface area (Å²) < 4.78 is 0. The molecule has 0 saturated heterocycles. The van der Waals surface area contributed by atoms with Crippen LogP contribution >= 0.6 is 0 Å². The Bertz CT molecular complexity index is 1710. The van der Waals surface area contributed by atoms with Gasteiger partial charge in [-0.2, -0.15) is 0 Å². The number of carbonyl (C=O) groups excluding carboxylic acids is 3. The third-order valence-corrected chi connectivity index (χ3v) is 7.64. The number of nitrogens with one attached hydrogen (secondary N) is 4. The van der Waals surface area contributed by atoms with E-state index in [0.29, 0.717) is 11.1 Å². The molecular formula is C34H37N5O8. The molecule has 1 heterocycles. The molecule has 0 radical (unpaired) electrons. The topological polar surface area (TPSA) is 224 Å².